The first-order chi connectivity index (χ1) is 8.76. The lowest BCUT2D eigenvalue weighted by Gasteiger charge is -2.19. The van der Waals surface area contributed by atoms with E-state index in [1.807, 2.05) is 0 Å². The summed E-state index contributed by atoms with van der Waals surface area (Å²) in [7, 11) is 4.29. The molecule has 2 heteroatoms. The highest BCUT2D eigenvalue weighted by Crippen LogP contribution is 2.04. The Morgan fingerprint density at radius 1 is 1.17 bits per heavy atom. The van der Waals surface area contributed by atoms with Crippen LogP contribution in [0.4, 0.5) is 0 Å². The average Bonchev–Trinajstić information content (AvgIpc) is 2.42. The number of hydrogen-bond donors (Lipinski definition) is 1. The molecular formula is C16H28N2. The van der Waals surface area contributed by atoms with E-state index in [1.165, 1.54) is 31.4 Å². The van der Waals surface area contributed by atoms with Crippen molar-refractivity contribution in [2.75, 3.05) is 27.2 Å². The van der Waals surface area contributed by atoms with E-state index in [4.69, 9.17) is 0 Å². The van der Waals surface area contributed by atoms with Gasteiger partial charge in [-0.3, -0.25) is 0 Å². The third-order valence-corrected chi connectivity index (χ3v) is 3.62. The SMILES string of the molecule is CCC(CCCN(C)CCc1ccccc1)NC. The number of likely N-dealkylation sites (N-methyl/N-ethyl adjacent to an activating group) is 1. The standard InChI is InChI=1S/C16H28N2/c1-4-16(17-2)11-8-13-18(3)14-12-15-9-6-5-7-10-15/h5-7,9-10,16-17H,4,8,11-14H2,1-3H3. The zero-order chi connectivity index (χ0) is 13.2. The lowest BCUT2D eigenvalue weighted by atomic mass is 10.1. The zero-order valence-electron chi connectivity index (χ0n) is 12.2. The maximum atomic E-state index is 3.36. The average molecular weight is 248 g/mol. The molecule has 1 atom stereocenters. The molecule has 0 saturated heterocycles. The summed E-state index contributed by atoms with van der Waals surface area (Å²) < 4.78 is 0. The molecule has 1 rings (SSSR count). The Balaban J connectivity index is 2.12. The summed E-state index contributed by atoms with van der Waals surface area (Å²) >= 11 is 0. The molecule has 1 aromatic carbocycles. The van der Waals surface area contributed by atoms with E-state index in [0.717, 1.165) is 13.0 Å². The van der Waals surface area contributed by atoms with Crippen molar-refractivity contribution in [1.29, 1.82) is 0 Å². The molecule has 0 aliphatic carbocycles. The second-order valence-electron chi connectivity index (χ2n) is 5.07. The third kappa shape index (κ3) is 6.18. The zero-order valence-corrected chi connectivity index (χ0v) is 12.2. The van der Waals surface area contributed by atoms with Crippen molar-refractivity contribution in [3.8, 4) is 0 Å². The van der Waals surface area contributed by atoms with Crippen molar-refractivity contribution < 1.29 is 0 Å². The van der Waals surface area contributed by atoms with Crippen LogP contribution < -0.4 is 5.32 Å². The molecular weight excluding hydrogens is 220 g/mol. The number of rotatable bonds is 9. The first-order valence-electron chi connectivity index (χ1n) is 7.16. The predicted molar refractivity (Wildman–Crippen MR) is 80.0 cm³/mol. The number of benzene rings is 1. The molecule has 0 spiro atoms. The Bertz CT molecular complexity index is 293. The molecule has 0 fully saturated rings. The van der Waals surface area contributed by atoms with Gasteiger partial charge in [-0.25, -0.2) is 0 Å². The van der Waals surface area contributed by atoms with Gasteiger partial charge in [-0.2, -0.15) is 0 Å². The van der Waals surface area contributed by atoms with Crippen LogP contribution in [0.1, 0.15) is 31.7 Å². The lowest BCUT2D eigenvalue weighted by molar-refractivity contribution is 0.319. The van der Waals surface area contributed by atoms with Crippen LogP contribution in [0.3, 0.4) is 0 Å². The fraction of sp³-hybridized carbons (Fsp3) is 0.625. The highest BCUT2D eigenvalue weighted by molar-refractivity contribution is 5.14. The molecule has 0 aromatic heterocycles. The van der Waals surface area contributed by atoms with E-state index in [-0.39, 0.29) is 0 Å². The molecule has 1 N–H and O–H groups in total. The largest absolute Gasteiger partial charge is 0.317 e. The van der Waals surface area contributed by atoms with Crippen LogP contribution in [-0.2, 0) is 6.42 Å². The van der Waals surface area contributed by atoms with Crippen molar-refractivity contribution in [3.63, 3.8) is 0 Å². The number of nitrogens with zero attached hydrogens (tertiary/aromatic N) is 1. The molecule has 0 heterocycles. The molecule has 18 heavy (non-hydrogen) atoms. The fourth-order valence-corrected chi connectivity index (χ4v) is 2.24. The summed E-state index contributed by atoms with van der Waals surface area (Å²) in [6.45, 7) is 4.60. The van der Waals surface area contributed by atoms with Gasteiger partial charge in [0, 0.05) is 12.6 Å². The summed E-state index contributed by atoms with van der Waals surface area (Å²) in [4.78, 5) is 2.44. The van der Waals surface area contributed by atoms with Gasteiger partial charge in [-0.05, 0) is 51.9 Å². The summed E-state index contributed by atoms with van der Waals surface area (Å²) in [5.74, 6) is 0. The summed E-state index contributed by atoms with van der Waals surface area (Å²) in [5.41, 5.74) is 1.44. The Morgan fingerprint density at radius 2 is 1.89 bits per heavy atom. The Labute approximate surface area is 112 Å². The van der Waals surface area contributed by atoms with Crippen LogP contribution >= 0.6 is 0 Å². The van der Waals surface area contributed by atoms with Crippen LogP contribution in [0.15, 0.2) is 30.3 Å². The minimum Gasteiger partial charge on any atom is -0.317 e. The lowest BCUT2D eigenvalue weighted by Crippen LogP contribution is -2.27. The van der Waals surface area contributed by atoms with Crippen LogP contribution in [0.25, 0.3) is 0 Å². The normalized spacial score (nSPS) is 12.9. The van der Waals surface area contributed by atoms with Crippen molar-refractivity contribution in [2.24, 2.45) is 0 Å². The summed E-state index contributed by atoms with van der Waals surface area (Å²) in [6, 6.07) is 11.4. The first-order valence-corrected chi connectivity index (χ1v) is 7.16. The van der Waals surface area contributed by atoms with Gasteiger partial charge in [0.2, 0.25) is 0 Å². The van der Waals surface area contributed by atoms with Gasteiger partial charge in [-0.1, -0.05) is 37.3 Å². The van der Waals surface area contributed by atoms with E-state index < -0.39 is 0 Å². The van der Waals surface area contributed by atoms with E-state index in [9.17, 15) is 0 Å². The van der Waals surface area contributed by atoms with Crippen molar-refractivity contribution in [2.45, 2.75) is 38.6 Å². The Hall–Kier alpha value is -0.860. The van der Waals surface area contributed by atoms with Crippen molar-refractivity contribution in [1.82, 2.24) is 10.2 Å². The fourth-order valence-electron chi connectivity index (χ4n) is 2.24. The van der Waals surface area contributed by atoms with Crippen LogP contribution in [-0.4, -0.2) is 38.1 Å². The Kier molecular flexibility index (Phi) is 7.70. The van der Waals surface area contributed by atoms with Gasteiger partial charge in [0.15, 0.2) is 0 Å². The van der Waals surface area contributed by atoms with Gasteiger partial charge >= 0.3 is 0 Å². The van der Waals surface area contributed by atoms with Crippen LogP contribution in [0.2, 0.25) is 0 Å². The smallest absolute Gasteiger partial charge is 0.00619 e. The molecule has 1 unspecified atom stereocenters. The summed E-state index contributed by atoms with van der Waals surface area (Å²) in [6.07, 6.45) is 4.94. The third-order valence-electron chi connectivity index (χ3n) is 3.62. The van der Waals surface area contributed by atoms with Gasteiger partial charge in [0.1, 0.15) is 0 Å². The highest BCUT2D eigenvalue weighted by Gasteiger charge is 2.04. The maximum absolute atomic E-state index is 3.36. The van der Waals surface area contributed by atoms with E-state index in [1.54, 1.807) is 0 Å². The highest BCUT2D eigenvalue weighted by atomic mass is 15.1. The molecule has 1 aromatic rings. The topological polar surface area (TPSA) is 15.3 Å². The summed E-state index contributed by atoms with van der Waals surface area (Å²) in [5, 5.41) is 3.36. The molecule has 0 bridgehead atoms. The van der Waals surface area contributed by atoms with E-state index >= 15 is 0 Å². The van der Waals surface area contributed by atoms with Crippen molar-refractivity contribution >= 4 is 0 Å². The van der Waals surface area contributed by atoms with E-state index in [0.29, 0.717) is 6.04 Å². The molecule has 0 aliphatic rings. The van der Waals surface area contributed by atoms with Gasteiger partial charge < -0.3 is 10.2 Å². The minimum absolute atomic E-state index is 0.688. The van der Waals surface area contributed by atoms with E-state index in [2.05, 4.69) is 61.6 Å². The minimum atomic E-state index is 0.688. The van der Waals surface area contributed by atoms with Crippen LogP contribution in [0.5, 0.6) is 0 Å². The molecule has 0 aliphatic heterocycles. The number of nitrogens with one attached hydrogen (secondary N) is 1. The van der Waals surface area contributed by atoms with Crippen LogP contribution in [0, 0.1) is 0 Å². The number of hydrogen-bond acceptors (Lipinski definition) is 2. The van der Waals surface area contributed by atoms with Gasteiger partial charge in [0.25, 0.3) is 0 Å². The second-order valence-corrected chi connectivity index (χ2v) is 5.07. The van der Waals surface area contributed by atoms with Gasteiger partial charge in [0.05, 0.1) is 0 Å². The molecule has 102 valence electrons. The first kappa shape index (κ1) is 15.2. The molecule has 0 amide bonds. The quantitative estimate of drug-likeness (QED) is 0.723. The molecule has 0 saturated carbocycles. The predicted octanol–water partition coefficient (Wildman–Crippen LogP) is 2.94. The second kappa shape index (κ2) is 9.12. The Morgan fingerprint density at radius 3 is 2.50 bits per heavy atom. The van der Waals surface area contributed by atoms with Gasteiger partial charge in [-0.15, -0.1) is 0 Å². The van der Waals surface area contributed by atoms with Crippen molar-refractivity contribution in [3.05, 3.63) is 35.9 Å². The molecule has 0 radical (unpaired) electrons. The monoisotopic (exact) mass is 248 g/mol. The maximum Gasteiger partial charge on any atom is 0.00619 e. The molecule has 2 nitrogen and oxygen atoms in total.